The van der Waals surface area contributed by atoms with E-state index in [4.69, 9.17) is 37.9 Å². The Labute approximate surface area is 465 Å². The summed E-state index contributed by atoms with van der Waals surface area (Å²) in [6.45, 7) is 0.0173. The number of benzene rings is 4. The van der Waals surface area contributed by atoms with E-state index in [9.17, 15) is 67.1 Å². The molecule has 0 bridgehead atoms. The monoisotopic (exact) mass is 1140 g/mol. The predicted octanol–water partition coefficient (Wildman–Crippen LogP) is 0.918. The van der Waals surface area contributed by atoms with Crippen molar-refractivity contribution in [2.24, 2.45) is 0 Å². The summed E-state index contributed by atoms with van der Waals surface area (Å²) >= 11 is 0. The summed E-state index contributed by atoms with van der Waals surface area (Å²) in [6.07, 6.45) is -17.3. The average Bonchev–Trinajstić information content (AvgIpc) is 3.71. The van der Waals surface area contributed by atoms with E-state index < -0.39 is 145 Å². The van der Waals surface area contributed by atoms with Crippen LogP contribution in [-0.4, -0.2) is 174 Å². The molecule has 0 unspecified atom stereocenters. The molecule has 0 aliphatic carbocycles. The Morgan fingerprint density at radius 1 is 0.329 bits per heavy atom. The first kappa shape index (κ1) is 64.0. The van der Waals surface area contributed by atoms with Crippen LogP contribution in [-0.2, 0) is 85.7 Å². The standard InChI is InChI=1S/C54H54N4O24/c1-29(37(61)39(77-45(63)31-19-11-7-12-20-31)41(49(67)73-3)79-47(65)33-23-15-9-16-24-33)57-35(59)27-55-53(71)81-43(51(69)75-5)44(52(70)76-6)82-54(72)56-28-36(60)58-30(2)38(62)40(78-46(64)32-21-13-8-14-22-32)42(50(68)74-4)80-48(66)34-25-17-10-18-26-34/h7-26,29-30,39-44H,27-28H2,1-6H3,(H,55,71)(H,56,72)(H,57,59)(H,58,60)/t29-,30-,39-,40-,41+,42+,43-,44-/m0/s1. The smallest absolute Gasteiger partial charge is 0.408 e. The minimum atomic E-state index is -2.50. The van der Waals surface area contributed by atoms with Gasteiger partial charge >= 0.3 is 59.9 Å². The fraction of sp³-hybridized carbons (Fsp3) is 0.296. The van der Waals surface area contributed by atoms with E-state index in [0.717, 1.165) is 42.3 Å². The first-order valence-corrected chi connectivity index (χ1v) is 24.0. The molecule has 28 heteroatoms. The second kappa shape index (κ2) is 31.8. The summed E-state index contributed by atoms with van der Waals surface area (Å²) in [6, 6.07) is 25.2. The van der Waals surface area contributed by atoms with Crippen molar-refractivity contribution >= 4 is 83.3 Å². The van der Waals surface area contributed by atoms with Gasteiger partial charge in [-0.15, -0.1) is 0 Å². The highest BCUT2D eigenvalue weighted by atomic mass is 16.7. The topological polar surface area (TPSA) is 379 Å². The fourth-order valence-corrected chi connectivity index (χ4v) is 6.81. The van der Waals surface area contributed by atoms with Crippen molar-refractivity contribution in [3.8, 4) is 0 Å². The number of ether oxygens (including phenoxy) is 10. The lowest BCUT2D eigenvalue weighted by Crippen LogP contribution is -2.54. The van der Waals surface area contributed by atoms with Crippen molar-refractivity contribution in [1.82, 2.24) is 21.3 Å². The summed E-state index contributed by atoms with van der Waals surface area (Å²) in [5.41, 5.74) is -0.326. The Kier molecular flexibility index (Phi) is 24.8. The van der Waals surface area contributed by atoms with Crippen LogP contribution in [0.15, 0.2) is 121 Å². The highest BCUT2D eigenvalue weighted by Gasteiger charge is 2.46. The summed E-state index contributed by atoms with van der Waals surface area (Å²) < 4.78 is 50.1. The molecule has 8 atom stereocenters. The molecular weight excluding hydrogens is 1090 g/mol. The minimum absolute atomic E-state index is 0.0696. The highest BCUT2D eigenvalue weighted by molar-refractivity contribution is 6.02. The molecule has 4 rings (SSSR count). The third-order valence-corrected chi connectivity index (χ3v) is 11.0. The molecule has 0 saturated heterocycles. The maximum Gasteiger partial charge on any atom is 0.408 e. The summed E-state index contributed by atoms with van der Waals surface area (Å²) in [4.78, 5) is 185. The lowest BCUT2D eigenvalue weighted by Gasteiger charge is -2.27. The van der Waals surface area contributed by atoms with E-state index in [-0.39, 0.29) is 22.3 Å². The van der Waals surface area contributed by atoms with Crippen LogP contribution < -0.4 is 21.3 Å². The van der Waals surface area contributed by atoms with Gasteiger partial charge in [-0.1, -0.05) is 72.8 Å². The molecule has 0 heterocycles. The Balaban J connectivity index is 1.42. The molecule has 4 aromatic carbocycles. The van der Waals surface area contributed by atoms with Gasteiger partial charge in [0.25, 0.3) is 0 Å². The van der Waals surface area contributed by atoms with Crippen molar-refractivity contribution in [2.45, 2.75) is 62.6 Å². The zero-order valence-corrected chi connectivity index (χ0v) is 44.4. The average molecular weight is 1140 g/mol. The molecule has 0 spiro atoms. The van der Waals surface area contributed by atoms with Crippen LogP contribution in [0, 0.1) is 0 Å². The number of carbonyl (C=O) groups is 14. The van der Waals surface area contributed by atoms with E-state index in [1.54, 1.807) is 24.3 Å². The number of carbonyl (C=O) groups excluding carboxylic acids is 14. The highest BCUT2D eigenvalue weighted by Crippen LogP contribution is 2.19. The Morgan fingerprint density at radius 3 is 0.780 bits per heavy atom. The molecule has 4 amide bonds. The molecule has 0 aromatic heterocycles. The van der Waals surface area contributed by atoms with Gasteiger partial charge in [0.05, 0.1) is 62.8 Å². The lowest BCUT2D eigenvalue weighted by molar-refractivity contribution is -0.169. The van der Waals surface area contributed by atoms with Crippen LogP contribution in [0.4, 0.5) is 9.59 Å². The van der Waals surface area contributed by atoms with Crippen LogP contribution in [0.1, 0.15) is 55.3 Å². The number of ketones is 2. The number of hydrogen-bond donors (Lipinski definition) is 4. The maximum absolute atomic E-state index is 13.9. The Morgan fingerprint density at radius 2 is 0.549 bits per heavy atom. The fourth-order valence-electron chi connectivity index (χ4n) is 6.81. The second-order valence-corrected chi connectivity index (χ2v) is 16.6. The molecule has 28 nitrogen and oxygen atoms in total. The van der Waals surface area contributed by atoms with Crippen LogP contribution in [0.3, 0.4) is 0 Å². The minimum Gasteiger partial charge on any atom is -0.466 e. The van der Waals surface area contributed by atoms with Crippen molar-refractivity contribution in [1.29, 1.82) is 0 Å². The van der Waals surface area contributed by atoms with E-state index in [1.165, 1.54) is 97.1 Å². The molecule has 0 fully saturated rings. The molecule has 0 aliphatic heterocycles. The number of amides is 4. The van der Waals surface area contributed by atoms with Gasteiger partial charge < -0.3 is 68.6 Å². The van der Waals surface area contributed by atoms with Crippen molar-refractivity contribution in [3.63, 3.8) is 0 Å². The van der Waals surface area contributed by atoms with Gasteiger partial charge in [-0.25, -0.2) is 47.9 Å². The number of hydrogen-bond acceptors (Lipinski definition) is 24. The van der Waals surface area contributed by atoms with E-state index in [2.05, 4.69) is 20.1 Å². The van der Waals surface area contributed by atoms with Gasteiger partial charge in [0, 0.05) is 0 Å². The zero-order chi connectivity index (χ0) is 60.5. The van der Waals surface area contributed by atoms with Crippen LogP contribution in [0.2, 0.25) is 0 Å². The second-order valence-electron chi connectivity index (χ2n) is 16.6. The molecule has 4 aromatic rings. The van der Waals surface area contributed by atoms with Crippen LogP contribution in [0.5, 0.6) is 0 Å². The SMILES string of the molecule is COC(=O)[C@@H](OC(=O)NCC(=O)N[C@@H](C)C(=O)[C@H](OC(=O)c1ccccc1)[C@@H](OC(=O)c1ccccc1)C(=O)OC)[C@H](OC(=O)NCC(=O)N[C@@H](C)C(=O)[C@H](OC(=O)c1ccccc1)[C@@H](OC(=O)c1ccccc1)C(=O)OC)C(=O)OC. The third-order valence-electron chi connectivity index (χ3n) is 11.0. The number of esters is 8. The van der Waals surface area contributed by atoms with E-state index in [0.29, 0.717) is 0 Å². The van der Waals surface area contributed by atoms with Gasteiger partial charge in [0.15, 0.2) is 11.6 Å². The number of nitrogens with one attached hydrogen (secondary N) is 4. The Hall–Kier alpha value is -10.5. The molecule has 0 radical (unpaired) electrons. The number of Topliss-reactive ketones (excluding diaryl/α,β-unsaturated/α-hetero) is 2. The maximum atomic E-state index is 13.9. The van der Waals surface area contributed by atoms with E-state index >= 15 is 0 Å². The number of rotatable bonds is 27. The number of alkyl carbamates (subject to hydrolysis) is 2. The first-order chi connectivity index (χ1) is 39.1. The van der Waals surface area contributed by atoms with Gasteiger partial charge in [-0.3, -0.25) is 19.2 Å². The first-order valence-electron chi connectivity index (χ1n) is 24.0. The summed E-state index contributed by atoms with van der Waals surface area (Å²) in [7, 11) is 3.34. The molecule has 434 valence electrons. The van der Waals surface area contributed by atoms with Gasteiger partial charge in [0.1, 0.15) is 13.1 Å². The zero-order valence-electron chi connectivity index (χ0n) is 44.4. The van der Waals surface area contributed by atoms with Crippen molar-refractivity contribution in [2.75, 3.05) is 41.5 Å². The van der Waals surface area contributed by atoms with Gasteiger partial charge in [-0.2, -0.15) is 0 Å². The predicted molar refractivity (Wildman–Crippen MR) is 272 cm³/mol. The van der Waals surface area contributed by atoms with Gasteiger partial charge in [0.2, 0.25) is 48.4 Å². The molecule has 0 aliphatic rings. The molecule has 82 heavy (non-hydrogen) atoms. The normalized spacial score (nSPS) is 13.4. The number of methoxy groups -OCH3 is 4. The lowest BCUT2D eigenvalue weighted by atomic mass is 10.0. The molecule has 0 saturated carbocycles. The van der Waals surface area contributed by atoms with Crippen LogP contribution in [0.25, 0.3) is 0 Å². The van der Waals surface area contributed by atoms with Crippen molar-refractivity contribution in [3.05, 3.63) is 144 Å². The Bertz CT molecular complexity index is 2760. The third kappa shape index (κ3) is 18.8. The summed E-state index contributed by atoms with van der Waals surface area (Å²) in [5, 5.41) is 8.19. The van der Waals surface area contributed by atoms with Crippen molar-refractivity contribution < 1.29 is 114 Å². The molecular formula is C54H54N4O24. The van der Waals surface area contributed by atoms with Crippen LogP contribution >= 0.6 is 0 Å². The quantitative estimate of drug-likeness (QED) is 0.0476. The summed E-state index contributed by atoms with van der Waals surface area (Å²) in [5.74, 6) is -15.1. The molecule has 4 N–H and O–H groups in total. The van der Waals surface area contributed by atoms with Gasteiger partial charge in [-0.05, 0) is 62.4 Å². The largest absolute Gasteiger partial charge is 0.466 e. The van der Waals surface area contributed by atoms with E-state index in [1.807, 2.05) is 10.6 Å².